The van der Waals surface area contributed by atoms with Gasteiger partial charge in [0.05, 0.1) is 15.5 Å². The summed E-state index contributed by atoms with van der Waals surface area (Å²) in [5, 5.41) is 1.88. The van der Waals surface area contributed by atoms with Crippen molar-refractivity contribution >= 4 is 27.1 Å². The zero-order chi connectivity index (χ0) is 16.3. The first kappa shape index (κ1) is 16.2. The Morgan fingerprint density at radius 1 is 1.17 bits per heavy atom. The molecule has 2 aromatic rings. The number of amides is 1. The van der Waals surface area contributed by atoms with Gasteiger partial charge in [-0.3, -0.25) is 4.79 Å². The first-order valence-electron chi connectivity index (χ1n) is 7.67. The second-order valence-corrected chi connectivity index (χ2v) is 8.81. The van der Waals surface area contributed by atoms with Gasteiger partial charge in [-0.2, -0.15) is 0 Å². The molecule has 1 aliphatic heterocycles. The normalized spacial score (nSPS) is 18.8. The minimum absolute atomic E-state index is 0.00197. The van der Waals surface area contributed by atoms with Gasteiger partial charge in [-0.25, -0.2) is 8.42 Å². The van der Waals surface area contributed by atoms with Crippen molar-refractivity contribution in [1.82, 2.24) is 4.90 Å². The molecule has 1 aliphatic rings. The number of carbonyl (C=O) groups is 1. The van der Waals surface area contributed by atoms with Gasteiger partial charge in [0, 0.05) is 13.1 Å². The average Bonchev–Trinajstić information content (AvgIpc) is 3.09. The molecule has 0 spiro atoms. The standard InChI is InChI=1S/C17H19NO3S2/c19-17(16-9-5-11-22-16)18-10-4-6-14(12-18)13-23(20,21)15-7-2-1-3-8-15/h1-3,5,7-9,11,14H,4,6,10,12-13H2. The molecule has 3 rings (SSSR count). The van der Waals surface area contributed by atoms with E-state index in [0.29, 0.717) is 18.0 Å². The lowest BCUT2D eigenvalue weighted by Gasteiger charge is -2.32. The fourth-order valence-electron chi connectivity index (χ4n) is 2.98. The van der Waals surface area contributed by atoms with Crippen LogP contribution in [0.1, 0.15) is 22.5 Å². The van der Waals surface area contributed by atoms with E-state index < -0.39 is 9.84 Å². The smallest absolute Gasteiger partial charge is 0.263 e. The SMILES string of the molecule is O=C(c1cccs1)N1CCCC(CS(=O)(=O)c2ccccc2)C1. The van der Waals surface area contributed by atoms with Gasteiger partial charge in [0.1, 0.15) is 0 Å². The number of sulfone groups is 1. The van der Waals surface area contributed by atoms with Crippen molar-refractivity contribution in [3.05, 3.63) is 52.7 Å². The quantitative estimate of drug-likeness (QED) is 0.852. The van der Waals surface area contributed by atoms with Crippen molar-refractivity contribution in [2.75, 3.05) is 18.8 Å². The molecule has 1 atom stereocenters. The largest absolute Gasteiger partial charge is 0.338 e. The van der Waals surface area contributed by atoms with Crippen LogP contribution in [0.2, 0.25) is 0 Å². The van der Waals surface area contributed by atoms with Crippen molar-refractivity contribution in [3.63, 3.8) is 0 Å². The van der Waals surface area contributed by atoms with Gasteiger partial charge in [0.25, 0.3) is 5.91 Å². The minimum atomic E-state index is -3.30. The number of likely N-dealkylation sites (tertiary alicyclic amines) is 1. The summed E-state index contributed by atoms with van der Waals surface area (Å²) in [6.07, 6.45) is 1.70. The van der Waals surface area contributed by atoms with E-state index >= 15 is 0 Å². The van der Waals surface area contributed by atoms with Crippen LogP contribution in [0.25, 0.3) is 0 Å². The van der Waals surface area contributed by atoms with Crippen molar-refractivity contribution < 1.29 is 13.2 Å². The van der Waals surface area contributed by atoms with Gasteiger partial charge < -0.3 is 4.90 Å². The highest BCUT2D eigenvalue weighted by Gasteiger charge is 2.29. The summed E-state index contributed by atoms with van der Waals surface area (Å²) < 4.78 is 25.0. The Morgan fingerprint density at radius 3 is 2.65 bits per heavy atom. The van der Waals surface area contributed by atoms with Gasteiger partial charge in [-0.15, -0.1) is 11.3 Å². The first-order valence-corrected chi connectivity index (χ1v) is 10.2. The van der Waals surface area contributed by atoms with E-state index in [1.54, 1.807) is 35.2 Å². The van der Waals surface area contributed by atoms with E-state index in [4.69, 9.17) is 0 Å². The van der Waals surface area contributed by atoms with Gasteiger partial charge >= 0.3 is 0 Å². The van der Waals surface area contributed by atoms with Crippen molar-refractivity contribution in [3.8, 4) is 0 Å². The molecule has 1 saturated heterocycles. The maximum absolute atomic E-state index is 12.5. The molecule has 1 fully saturated rings. The number of carbonyl (C=O) groups excluding carboxylic acids is 1. The highest BCUT2D eigenvalue weighted by atomic mass is 32.2. The van der Waals surface area contributed by atoms with E-state index in [0.717, 1.165) is 17.7 Å². The molecular formula is C17H19NO3S2. The molecule has 0 saturated carbocycles. The molecule has 0 radical (unpaired) electrons. The summed E-state index contributed by atoms with van der Waals surface area (Å²) in [5.74, 6) is 0.116. The lowest BCUT2D eigenvalue weighted by atomic mass is 10.00. The Hall–Kier alpha value is -1.66. The summed E-state index contributed by atoms with van der Waals surface area (Å²) in [5.41, 5.74) is 0. The number of nitrogens with zero attached hydrogens (tertiary/aromatic N) is 1. The van der Waals surface area contributed by atoms with E-state index in [-0.39, 0.29) is 17.6 Å². The fraction of sp³-hybridized carbons (Fsp3) is 0.353. The van der Waals surface area contributed by atoms with Crippen molar-refractivity contribution in [2.45, 2.75) is 17.7 Å². The molecule has 1 amide bonds. The maximum Gasteiger partial charge on any atom is 0.263 e. The highest BCUT2D eigenvalue weighted by Crippen LogP contribution is 2.24. The third-order valence-corrected chi connectivity index (χ3v) is 6.85. The van der Waals surface area contributed by atoms with Crippen LogP contribution < -0.4 is 0 Å². The number of thiophene rings is 1. The predicted octanol–water partition coefficient (Wildman–Crippen LogP) is 3.07. The molecule has 1 aromatic carbocycles. The Morgan fingerprint density at radius 2 is 1.96 bits per heavy atom. The Bertz CT molecular complexity index is 754. The second-order valence-electron chi connectivity index (χ2n) is 5.83. The molecule has 23 heavy (non-hydrogen) atoms. The molecular weight excluding hydrogens is 330 g/mol. The van der Waals surface area contributed by atoms with Crippen LogP contribution in [0.15, 0.2) is 52.7 Å². The number of piperidine rings is 1. The molecule has 4 nitrogen and oxygen atoms in total. The first-order chi connectivity index (χ1) is 11.1. The van der Waals surface area contributed by atoms with Crippen molar-refractivity contribution in [2.24, 2.45) is 5.92 Å². The van der Waals surface area contributed by atoms with Gasteiger partial charge in [-0.1, -0.05) is 24.3 Å². The molecule has 0 aliphatic carbocycles. The molecule has 1 aromatic heterocycles. The topological polar surface area (TPSA) is 54.5 Å². The average molecular weight is 349 g/mol. The van der Waals surface area contributed by atoms with Crippen LogP contribution in [0.5, 0.6) is 0 Å². The fourth-order valence-corrected chi connectivity index (χ4v) is 5.32. The summed E-state index contributed by atoms with van der Waals surface area (Å²) in [7, 11) is -3.30. The minimum Gasteiger partial charge on any atom is -0.338 e. The number of rotatable bonds is 4. The van der Waals surface area contributed by atoms with Crippen LogP contribution in [0.4, 0.5) is 0 Å². The lowest BCUT2D eigenvalue weighted by Crippen LogP contribution is -2.41. The maximum atomic E-state index is 12.5. The van der Waals surface area contributed by atoms with Crippen LogP contribution >= 0.6 is 11.3 Å². The van der Waals surface area contributed by atoms with E-state index in [2.05, 4.69) is 0 Å². The van der Waals surface area contributed by atoms with Crippen LogP contribution in [0, 0.1) is 5.92 Å². The third kappa shape index (κ3) is 3.82. The summed E-state index contributed by atoms with van der Waals surface area (Å²) in [6.45, 7) is 1.22. The molecule has 0 N–H and O–H groups in total. The predicted molar refractivity (Wildman–Crippen MR) is 91.4 cm³/mol. The number of hydrogen-bond acceptors (Lipinski definition) is 4. The second kappa shape index (κ2) is 6.84. The van der Waals surface area contributed by atoms with Crippen LogP contribution in [-0.2, 0) is 9.84 Å². The van der Waals surface area contributed by atoms with E-state index in [1.165, 1.54) is 11.3 Å². The highest BCUT2D eigenvalue weighted by molar-refractivity contribution is 7.91. The third-order valence-electron chi connectivity index (χ3n) is 4.10. The van der Waals surface area contributed by atoms with Gasteiger partial charge in [0.2, 0.25) is 0 Å². The Kier molecular flexibility index (Phi) is 4.82. The van der Waals surface area contributed by atoms with Gasteiger partial charge in [0.15, 0.2) is 9.84 Å². The molecule has 122 valence electrons. The molecule has 0 bridgehead atoms. The van der Waals surface area contributed by atoms with E-state index in [9.17, 15) is 13.2 Å². The Balaban J connectivity index is 1.68. The number of hydrogen-bond donors (Lipinski definition) is 0. The monoisotopic (exact) mass is 349 g/mol. The Labute approximate surface area is 140 Å². The molecule has 1 unspecified atom stereocenters. The summed E-state index contributed by atoms with van der Waals surface area (Å²) >= 11 is 1.43. The molecule has 2 heterocycles. The van der Waals surface area contributed by atoms with Crippen LogP contribution in [-0.4, -0.2) is 38.1 Å². The zero-order valence-corrected chi connectivity index (χ0v) is 14.4. The zero-order valence-electron chi connectivity index (χ0n) is 12.7. The molecule has 6 heteroatoms. The van der Waals surface area contributed by atoms with Crippen molar-refractivity contribution in [1.29, 1.82) is 0 Å². The number of benzene rings is 1. The summed E-state index contributed by atoms with van der Waals surface area (Å²) in [6, 6.07) is 12.2. The van der Waals surface area contributed by atoms with Crippen LogP contribution in [0.3, 0.4) is 0 Å². The summed E-state index contributed by atoms with van der Waals surface area (Å²) in [4.78, 5) is 15.3. The van der Waals surface area contributed by atoms with Gasteiger partial charge in [-0.05, 0) is 42.3 Å². The lowest BCUT2D eigenvalue weighted by molar-refractivity contribution is 0.0689. The van der Waals surface area contributed by atoms with E-state index in [1.807, 2.05) is 17.5 Å².